The number of rotatable bonds is 6. The summed E-state index contributed by atoms with van der Waals surface area (Å²) in [4.78, 5) is 12.0. The van der Waals surface area contributed by atoms with Crippen molar-refractivity contribution in [3.05, 3.63) is 81.9 Å². The van der Waals surface area contributed by atoms with E-state index in [-0.39, 0.29) is 24.5 Å². The van der Waals surface area contributed by atoms with E-state index in [1.165, 1.54) is 22.9 Å². The van der Waals surface area contributed by atoms with Gasteiger partial charge in [0.15, 0.2) is 0 Å². The molecule has 0 spiro atoms. The Kier molecular flexibility index (Phi) is 5.66. The monoisotopic (exact) mass is 368 g/mol. The van der Waals surface area contributed by atoms with Crippen LogP contribution < -0.4 is 10.3 Å². The van der Waals surface area contributed by atoms with Crippen molar-refractivity contribution in [2.45, 2.75) is 26.5 Å². The first-order valence-corrected chi connectivity index (χ1v) is 8.64. The molecule has 1 heterocycles. The molecule has 2 aromatic carbocycles. The molecule has 1 N–H and O–H groups in total. The Balaban J connectivity index is 1.69. The van der Waals surface area contributed by atoms with Gasteiger partial charge in [-0.05, 0) is 67.4 Å². The Morgan fingerprint density at radius 3 is 2.41 bits per heavy atom. The van der Waals surface area contributed by atoms with E-state index < -0.39 is 6.10 Å². The molecule has 0 radical (unpaired) electrons. The third kappa shape index (κ3) is 5.01. The van der Waals surface area contributed by atoms with Crippen LogP contribution in [-0.4, -0.2) is 27.6 Å². The quantitative estimate of drug-likeness (QED) is 0.726. The van der Waals surface area contributed by atoms with Crippen LogP contribution in [0.15, 0.2) is 59.4 Å². The first-order chi connectivity index (χ1) is 12.9. The molecule has 0 amide bonds. The molecule has 6 heteroatoms. The third-order valence-electron chi connectivity index (χ3n) is 4.03. The molecule has 1 unspecified atom stereocenters. The van der Waals surface area contributed by atoms with Crippen LogP contribution in [0.4, 0.5) is 4.39 Å². The van der Waals surface area contributed by atoms with Crippen molar-refractivity contribution in [3.8, 4) is 17.0 Å². The number of benzene rings is 2. The molecule has 1 aromatic heterocycles. The number of hydrogen-bond acceptors (Lipinski definition) is 4. The maximum atomic E-state index is 13.1. The summed E-state index contributed by atoms with van der Waals surface area (Å²) in [5, 5.41) is 14.5. The second kappa shape index (κ2) is 8.14. The molecule has 3 rings (SSSR count). The van der Waals surface area contributed by atoms with Crippen molar-refractivity contribution in [3.63, 3.8) is 0 Å². The van der Waals surface area contributed by atoms with Gasteiger partial charge in [0.1, 0.15) is 24.3 Å². The standard InChI is InChI=1S/C21H21FN2O3/c1-14-9-15(2)11-19(10-14)27-13-18(25)12-24-21(26)8-7-20(23-24)16-3-5-17(22)6-4-16/h3-11,18,25H,12-13H2,1-2H3. The van der Waals surface area contributed by atoms with Gasteiger partial charge < -0.3 is 9.84 Å². The molecular formula is C21H21FN2O3. The van der Waals surface area contributed by atoms with Crippen molar-refractivity contribution < 1.29 is 14.2 Å². The number of aryl methyl sites for hydroxylation is 2. The van der Waals surface area contributed by atoms with E-state index in [0.717, 1.165) is 11.1 Å². The number of hydrogen-bond donors (Lipinski definition) is 1. The zero-order valence-corrected chi connectivity index (χ0v) is 15.2. The van der Waals surface area contributed by atoms with Gasteiger partial charge in [0.25, 0.3) is 5.56 Å². The van der Waals surface area contributed by atoms with E-state index in [1.807, 2.05) is 32.0 Å². The number of nitrogens with zero attached hydrogens (tertiary/aromatic N) is 2. The smallest absolute Gasteiger partial charge is 0.266 e. The van der Waals surface area contributed by atoms with Crippen LogP contribution in [0.3, 0.4) is 0 Å². The summed E-state index contributed by atoms with van der Waals surface area (Å²) in [7, 11) is 0. The van der Waals surface area contributed by atoms with E-state index in [1.54, 1.807) is 18.2 Å². The fourth-order valence-electron chi connectivity index (χ4n) is 2.82. The molecule has 0 aliphatic carbocycles. The minimum atomic E-state index is -0.903. The Morgan fingerprint density at radius 2 is 1.74 bits per heavy atom. The molecule has 140 valence electrons. The molecule has 0 fully saturated rings. The van der Waals surface area contributed by atoms with Crippen LogP contribution >= 0.6 is 0 Å². The second-order valence-corrected chi connectivity index (χ2v) is 6.53. The topological polar surface area (TPSA) is 64.3 Å². The van der Waals surface area contributed by atoms with Gasteiger partial charge in [-0.1, -0.05) is 6.07 Å². The second-order valence-electron chi connectivity index (χ2n) is 6.53. The Bertz CT molecular complexity index is 963. The van der Waals surface area contributed by atoms with E-state index in [2.05, 4.69) is 5.10 Å². The summed E-state index contributed by atoms with van der Waals surface area (Å²) in [6.45, 7) is 3.98. The lowest BCUT2D eigenvalue weighted by Gasteiger charge is -2.14. The fourth-order valence-corrected chi connectivity index (χ4v) is 2.82. The van der Waals surface area contributed by atoms with Gasteiger partial charge in [-0.2, -0.15) is 5.10 Å². The SMILES string of the molecule is Cc1cc(C)cc(OCC(O)Cn2nc(-c3ccc(F)cc3)ccc2=O)c1. The van der Waals surface area contributed by atoms with E-state index in [0.29, 0.717) is 17.0 Å². The maximum Gasteiger partial charge on any atom is 0.266 e. The Labute approximate surface area is 156 Å². The summed E-state index contributed by atoms with van der Waals surface area (Å²) < 4.78 is 19.9. The van der Waals surface area contributed by atoms with E-state index in [9.17, 15) is 14.3 Å². The van der Waals surface area contributed by atoms with Gasteiger partial charge >= 0.3 is 0 Å². The normalized spacial score (nSPS) is 12.0. The van der Waals surface area contributed by atoms with E-state index >= 15 is 0 Å². The Hall–Kier alpha value is -2.99. The average molecular weight is 368 g/mol. The largest absolute Gasteiger partial charge is 0.491 e. The van der Waals surface area contributed by atoms with E-state index in [4.69, 9.17) is 4.74 Å². The fraction of sp³-hybridized carbons (Fsp3) is 0.238. The highest BCUT2D eigenvalue weighted by Gasteiger charge is 2.11. The number of ether oxygens (including phenoxy) is 1. The lowest BCUT2D eigenvalue weighted by Crippen LogP contribution is -2.31. The molecule has 5 nitrogen and oxygen atoms in total. The first kappa shape index (κ1) is 18.8. The highest BCUT2D eigenvalue weighted by atomic mass is 19.1. The molecule has 0 saturated carbocycles. The third-order valence-corrected chi connectivity index (χ3v) is 4.03. The van der Waals surface area contributed by atoms with Crippen LogP contribution in [0.1, 0.15) is 11.1 Å². The van der Waals surface area contributed by atoms with Gasteiger partial charge in [-0.25, -0.2) is 9.07 Å². The predicted octanol–water partition coefficient (Wildman–Crippen LogP) is 3.11. The molecule has 0 aliphatic heterocycles. The van der Waals surface area contributed by atoms with Crippen LogP contribution in [0.5, 0.6) is 5.75 Å². The molecular weight excluding hydrogens is 347 g/mol. The highest BCUT2D eigenvalue weighted by molar-refractivity contribution is 5.57. The molecule has 1 atom stereocenters. The lowest BCUT2D eigenvalue weighted by molar-refractivity contribution is 0.0880. The van der Waals surface area contributed by atoms with Crippen LogP contribution in [0, 0.1) is 19.7 Å². The molecule has 3 aromatic rings. The number of aromatic nitrogens is 2. The number of halogens is 1. The number of aliphatic hydroxyl groups excluding tert-OH is 1. The van der Waals surface area contributed by atoms with Crippen molar-refractivity contribution in [1.29, 1.82) is 0 Å². The van der Waals surface area contributed by atoms with Crippen molar-refractivity contribution in [1.82, 2.24) is 9.78 Å². The zero-order valence-electron chi connectivity index (χ0n) is 15.2. The summed E-state index contributed by atoms with van der Waals surface area (Å²) in [6, 6.07) is 14.6. The van der Waals surface area contributed by atoms with Gasteiger partial charge in [-0.15, -0.1) is 0 Å². The molecule has 0 saturated heterocycles. The predicted molar refractivity (Wildman–Crippen MR) is 101 cm³/mol. The lowest BCUT2D eigenvalue weighted by atomic mass is 10.1. The van der Waals surface area contributed by atoms with Crippen LogP contribution in [0.2, 0.25) is 0 Å². The molecule has 0 bridgehead atoms. The Morgan fingerprint density at radius 1 is 1.07 bits per heavy atom. The van der Waals surface area contributed by atoms with Crippen LogP contribution in [-0.2, 0) is 6.54 Å². The zero-order chi connectivity index (χ0) is 19.4. The highest BCUT2D eigenvalue weighted by Crippen LogP contribution is 2.17. The van der Waals surface area contributed by atoms with Crippen molar-refractivity contribution in [2.75, 3.05) is 6.61 Å². The van der Waals surface area contributed by atoms with Crippen molar-refractivity contribution in [2.24, 2.45) is 0 Å². The van der Waals surface area contributed by atoms with Gasteiger partial charge in [0.2, 0.25) is 0 Å². The summed E-state index contributed by atoms with van der Waals surface area (Å²) in [5.74, 6) is 0.331. The minimum Gasteiger partial charge on any atom is -0.491 e. The summed E-state index contributed by atoms with van der Waals surface area (Å²) in [6.07, 6.45) is -0.903. The maximum absolute atomic E-state index is 13.1. The minimum absolute atomic E-state index is 0.00132. The summed E-state index contributed by atoms with van der Waals surface area (Å²) in [5.41, 5.74) is 3.03. The first-order valence-electron chi connectivity index (χ1n) is 8.64. The number of aliphatic hydroxyl groups is 1. The van der Waals surface area contributed by atoms with Crippen molar-refractivity contribution >= 4 is 0 Å². The summed E-state index contributed by atoms with van der Waals surface area (Å²) >= 11 is 0. The van der Waals surface area contributed by atoms with Gasteiger partial charge in [0, 0.05) is 11.6 Å². The van der Waals surface area contributed by atoms with Crippen LogP contribution in [0.25, 0.3) is 11.3 Å². The van der Waals surface area contributed by atoms with Gasteiger partial charge in [0.05, 0.1) is 12.2 Å². The van der Waals surface area contributed by atoms with Gasteiger partial charge in [-0.3, -0.25) is 4.79 Å². The molecule has 0 aliphatic rings. The average Bonchev–Trinajstić information content (AvgIpc) is 2.62. The molecule has 27 heavy (non-hydrogen) atoms.